The molecule has 0 bridgehead atoms. The summed E-state index contributed by atoms with van der Waals surface area (Å²) in [6.07, 6.45) is 0. The van der Waals surface area contributed by atoms with Gasteiger partial charge in [-0.05, 0) is 35.7 Å². The standard InChI is InChI=1S/C15H9ClO2S/c16-10-5-6-12(17)11(8-10)15(18)14-7-9-3-1-2-4-13(9)19-14/h1-8,17H. The largest absolute Gasteiger partial charge is 0.507 e. The maximum Gasteiger partial charge on any atom is 0.206 e. The van der Waals surface area contributed by atoms with Crippen molar-refractivity contribution in [2.75, 3.05) is 0 Å². The van der Waals surface area contributed by atoms with E-state index in [-0.39, 0.29) is 17.1 Å². The first-order valence-electron chi connectivity index (χ1n) is 5.67. The van der Waals surface area contributed by atoms with Crippen LogP contribution in [0.15, 0.2) is 48.5 Å². The lowest BCUT2D eigenvalue weighted by atomic mass is 10.1. The van der Waals surface area contributed by atoms with Crippen LogP contribution in [0.5, 0.6) is 5.75 Å². The topological polar surface area (TPSA) is 37.3 Å². The van der Waals surface area contributed by atoms with Crippen molar-refractivity contribution < 1.29 is 9.90 Å². The molecule has 0 unspecified atom stereocenters. The van der Waals surface area contributed by atoms with Gasteiger partial charge in [-0.1, -0.05) is 29.8 Å². The van der Waals surface area contributed by atoms with Gasteiger partial charge in [0.1, 0.15) is 5.75 Å². The van der Waals surface area contributed by atoms with Crippen molar-refractivity contribution >= 4 is 38.8 Å². The van der Waals surface area contributed by atoms with Gasteiger partial charge in [0.05, 0.1) is 10.4 Å². The molecular weight excluding hydrogens is 280 g/mol. The highest BCUT2D eigenvalue weighted by Gasteiger charge is 2.16. The molecule has 3 rings (SSSR count). The Hall–Kier alpha value is -1.84. The number of halogens is 1. The van der Waals surface area contributed by atoms with Crippen molar-refractivity contribution in [3.63, 3.8) is 0 Å². The monoisotopic (exact) mass is 288 g/mol. The molecule has 0 saturated heterocycles. The first-order valence-corrected chi connectivity index (χ1v) is 6.86. The van der Waals surface area contributed by atoms with Crippen LogP contribution in [0, 0.1) is 0 Å². The highest BCUT2D eigenvalue weighted by Crippen LogP contribution is 2.30. The van der Waals surface area contributed by atoms with E-state index in [9.17, 15) is 9.90 Å². The number of fused-ring (bicyclic) bond motifs is 1. The van der Waals surface area contributed by atoms with E-state index in [2.05, 4.69) is 0 Å². The summed E-state index contributed by atoms with van der Waals surface area (Å²) in [5.41, 5.74) is 0.235. The third-order valence-corrected chi connectivity index (χ3v) is 4.20. The van der Waals surface area contributed by atoms with Crippen molar-refractivity contribution in [2.45, 2.75) is 0 Å². The van der Waals surface area contributed by atoms with E-state index < -0.39 is 0 Å². The van der Waals surface area contributed by atoms with Crippen LogP contribution in [0.1, 0.15) is 15.2 Å². The molecule has 94 valence electrons. The van der Waals surface area contributed by atoms with Crippen LogP contribution in [-0.2, 0) is 0 Å². The summed E-state index contributed by atoms with van der Waals surface area (Å²) in [5.74, 6) is -0.256. The Balaban J connectivity index is 2.10. The van der Waals surface area contributed by atoms with Gasteiger partial charge >= 0.3 is 0 Å². The first kappa shape index (κ1) is 12.2. The molecule has 1 aromatic heterocycles. The van der Waals surface area contributed by atoms with E-state index >= 15 is 0 Å². The molecule has 4 heteroatoms. The van der Waals surface area contributed by atoms with Gasteiger partial charge in [0.15, 0.2) is 0 Å². The minimum atomic E-state index is -0.207. The molecule has 1 N–H and O–H groups in total. The van der Waals surface area contributed by atoms with Crippen molar-refractivity contribution in [3.8, 4) is 5.75 Å². The van der Waals surface area contributed by atoms with Crippen molar-refractivity contribution in [3.05, 3.63) is 64.0 Å². The molecule has 1 heterocycles. The molecule has 0 amide bonds. The van der Waals surface area contributed by atoms with Crippen LogP contribution < -0.4 is 0 Å². The number of aromatic hydroxyl groups is 1. The quantitative estimate of drug-likeness (QED) is 0.705. The number of hydrogen-bond acceptors (Lipinski definition) is 3. The van der Waals surface area contributed by atoms with E-state index in [1.165, 1.54) is 23.5 Å². The molecule has 0 aliphatic carbocycles. The lowest BCUT2D eigenvalue weighted by Crippen LogP contribution is -1.98. The van der Waals surface area contributed by atoms with E-state index in [4.69, 9.17) is 11.6 Å². The predicted molar refractivity (Wildman–Crippen MR) is 78.4 cm³/mol. The number of phenols is 1. The zero-order valence-electron chi connectivity index (χ0n) is 9.76. The minimum Gasteiger partial charge on any atom is -0.507 e. The Labute approximate surface area is 118 Å². The molecule has 0 atom stereocenters. The predicted octanol–water partition coefficient (Wildman–Crippen LogP) is 4.49. The van der Waals surface area contributed by atoms with E-state index in [0.717, 1.165) is 10.1 Å². The number of ketones is 1. The maximum atomic E-state index is 12.4. The molecule has 19 heavy (non-hydrogen) atoms. The summed E-state index contributed by atoms with van der Waals surface area (Å²) >= 11 is 7.28. The van der Waals surface area contributed by atoms with Gasteiger partial charge < -0.3 is 5.11 Å². The average molecular weight is 289 g/mol. The van der Waals surface area contributed by atoms with Crippen LogP contribution in [0.4, 0.5) is 0 Å². The summed E-state index contributed by atoms with van der Waals surface area (Å²) in [6, 6.07) is 14.1. The van der Waals surface area contributed by atoms with Crippen molar-refractivity contribution in [2.24, 2.45) is 0 Å². The molecule has 2 nitrogen and oxygen atoms in total. The lowest BCUT2D eigenvalue weighted by molar-refractivity contribution is 0.104. The Morgan fingerprint density at radius 1 is 1.11 bits per heavy atom. The van der Waals surface area contributed by atoms with E-state index in [1.54, 1.807) is 6.07 Å². The number of carbonyl (C=O) groups is 1. The molecule has 2 aromatic carbocycles. The summed E-state index contributed by atoms with van der Waals surface area (Å²) in [4.78, 5) is 13.0. The molecule has 3 aromatic rings. The maximum absolute atomic E-state index is 12.4. The van der Waals surface area contributed by atoms with Crippen molar-refractivity contribution in [1.82, 2.24) is 0 Å². The van der Waals surface area contributed by atoms with Gasteiger partial charge in [0.2, 0.25) is 5.78 Å². The summed E-state index contributed by atoms with van der Waals surface area (Å²) in [7, 11) is 0. The second kappa shape index (κ2) is 4.68. The second-order valence-electron chi connectivity index (χ2n) is 4.14. The number of carbonyl (C=O) groups excluding carboxylic acids is 1. The molecule has 0 spiro atoms. The zero-order valence-corrected chi connectivity index (χ0v) is 11.3. The first-order chi connectivity index (χ1) is 9.15. The number of benzene rings is 2. The Kier molecular flexibility index (Phi) is 3.01. The second-order valence-corrected chi connectivity index (χ2v) is 5.66. The van der Waals surface area contributed by atoms with Crippen LogP contribution >= 0.6 is 22.9 Å². The fourth-order valence-corrected chi connectivity index (χ4v) is 3.11. The molecular formula is C15H9ClO2S. The highest BCUT2D eigenvalue weighted by atomic mass is 35.5. The van der Waals surface area contributed by atoms with Gasteiger partial charge in [0, 0.05) is 9.72 Å². The van der Waals surface area contributed by atoms with Crippen molar-refractivity contribution in [1.29, 1.82) is 0 Å². The van der Waals surface area contributed by atoms with Gasteiger partial charge in [-0.25, -0.2) is 0 Å². The highest BCUT2D eigenvalue weighted by molar-refractivity contribution is 7.21. The normalized spacial score (nSPS) is 10.8. The SMILES string of the molecule is O=C(c1cc2ccccc2s1)c1cc(Cl)ccc1O. The van der Waals surface area contributed by atoms with Gasteiger partial charge in [0.25, 0.3) is 0 Å². The molecule has 0 saturated carbocycles. The summed E-state index contributed by atoms with van der Waals surface area (Å²) < 4.78 is 1.05. The smallest absolute Gasteiger partial charge is 0.206 e. The molecule has 0 aliphatic rings. The van der Waals surface area contributed by atoms with Gasteiger partial charge in [-0.15, -0.1) is 11.3 Å². The fourth-order valence-electron chi connectivity index (χ4n) is 1.92. The molecule has 0 aliphatic heterocycles. The third kappa shape index (κ3) is 2.23. The lowest BCUT2D eigenvalue weighted by Gasteiger charge is -2.02. The van der Waals surface area contributed by atoms with Crippen LogP contribution in [0.3, 0.4) is 0 Å². The third-order valence-electron chi connectivity index (χ3n) is 2.85. The Morgan fingerprint density at radius 2 is 1.89 bits per heavy atom. The number of phenolic OH excluding ortho intramolecular Hbond substituents is 1. The number of hydrogen-bond donors (Lipinski definition) is 1. The Bertz CT molecular complexity index is 744. The zero-order chi connectivity index (χ0) is 13.4. The summed E-state index contributed by atoms with van der Waals surface area (Å²) in [6.45, 7) is 0. The summed E-state index contributed by atoms with van der Waals surface area (Å²) in [5, 5.41) is 11.2. The fraction of sp³-hybridized carbons (Fsp3) is 0. The van der Waals surface area contributed by atoms with Gasteiger partial charge in [-0.2, -0.15) is 0 Å². The average Bonchev–Trinajstić information content (AvgIpc) is 2.84. The number of thiophene rings is 1. The van der Waals surface area contributed by atoms with E-state index in [0.29, 0.717) is 9.90 Å². The number of rotatable bonds is 2. The van der Waals surface area contributed by atoms with Gasteiger partial charge in [-0.3, -0.25) is 4.79 Å². The molecule has 0 fully saturated rings. The van der Waals surface area contributed by atoms with Crippen LogP contribution in [0.25, 0.3) is 10.1 Å². The van der Waals surface area contributed by atoms with Crippen LogP contribution in [-0.4, -0.2) is 10.9 Å². The van der Waals surface area contributed by atoms with E-state index in [1.807, 2.05) is 30.3 Å². The molecule has 0 radical (unpaired) electrons. The Morgan fingerprint density at radius 3 is 2.68 bits per heavy atom. The van der Waals surface area contributed by atoms with Crippen LogP contribution in [0.2, 0.25) is 5.02 Å². The minimum absolute atomic E-state index is 0.0492.